The second-order valence-electron chi connectivity index (χ2n) is 2.95. The number of benzene rings is 1. The zero-order chi connectivity index (χ0) is 11.3. The van der Waals surface area contributed by atoms with Gasteiger partial charge in [0.15, 0.2) is 0 Å². The van der Waals surface area contributed by atoms with Crippen molar-refractivity contribution in [3.63, 3.8) is 0 Å². The number of hydrogen-bond acceptors (Lipinski definition) is 3. The summed E-state index contributed by atoms with van der Waals surface area (Å²) in [6.45, 7) is 0. The molecule has 3 N–H and O–H groups in total. The summed E-state index contributed by atoms with van der Waals surface area (Å²) >= 11 is 0. The number of hydrazine groups is 1. The lowest BCUT2D eigenvalue weighted by Gasteiger charge is -2.20. The highest BCUT2D eigenvalue weighted by Gasteiger charge is 2.06. The van der Waals surface area contributed by atoms with Crippen LogP contribution in [0, 0.1) is 0 Å². The third-order valence-corrected chi connectivity index (χ3v) is 2.10. The van der Waals surface area contributed by atoms with Crippen molar-refractivity contribution in [1.82, 2.24) is 5.43 Å². The third-order valence-electron chi connectivity index (χ3n) is 2.10. The first-order valence-corrected chi connectivity index (χ1v) is 4.54. The number of aliphatic imine (C=N–C) groups is 1. The predicted octanol–water partition coefficient (Wildman–Crippen LogP) is 0.580. The summed E-state index contributed by atoms with van der Waals surface area (Å²) in [7, 11) is 5.18. The van der Waals surface area contributed by atoms with E-state index < -0.39 is 0 Å². The molecule has 1 rings (SSSR count). The van der Waals surface area contributed by atoms with Crippen molar-refractivity contribution >= 4 is 11.6 Å². The molecule has 1 aromatic carbocycles. The summed E-state index contributed by atoms with van der Waals surface area (Å²) in [4.78, 5) is 5.84. The fourth-order valence-corrected chi connectivity index (χ4v) is 1.25. The van der Waals surface area contributed by atoms with Gasteiger partial charge >= 0.3 is 0 Å². The molecule has 0 aliphatic heterocycles. The zero-order valence-corrected chi connectivity index (χ0v) is 9.19. The molecule has 0 aliphatic rings. The van der Waals surface area contributed by atoms with Crippen LogP contribution in [0.25, 0.3) is 0 Å². The number of ether oxygens (including phenoxy) is 1. The number of hydrogen-bond donors (Lipinski definition) is 2. The zero-order valence-electron chi connectivity index (χ0n) is 9.19. The summed E-state index contributed by atoms with van der Waals surface area (Å²) in [6.07, 6.45) is 0. The highest BCUT2D eigenvalue weighted by atomic mass is 16.5. The summed E-state index contributed by atoms with van der Waals surface area (Å²) in [5.41, 5.74) is 3.47. The molecular formula is C10H16N4O. The maximum absolute atomic E-state index is 5.34. The standard InChI is InChI=1S/C10H16N4O/c1-12-10(13-11)14(2)8-5-4-6-9(7-8)15-3/h4-7H,11H2,1-3H3,(H,12,13). The van der Waals surface area contributed by atoms with Crippen molar-refractivity contribution in [2.75, 3.05) is 26.1 Å². The highest BCUT2D eigenvalue weighted by Crippen LogP contribution is 2.19. The molecule has 5 heteroatoms. The van der Waals surface area contributed by atoms with Crippen molar-refractivity contribution in [2.45, 2.75) is 0 Å². The fraction of sp³-hybridized carbons (Fsp3) is 0.300. The normalized spacial score (nSPS) is 11.1. The van der Waals surface area contributed by atoms with Gasteiger partial charge in [0.2, 0.25) is 5.96 Å². The maximum Gasteiger partial charge on any atom is 0.212 e. The van der Waals surface area contributed by atoms with Gasteiger partial charge in [-0.1, -0.05) is 6.07 Å². The van der Waals surface area contributed by atoms with Gasteiger partial charge in [-0.05, 0) is 12.1 Å². The summed E-state index contributed by atoms with van der Waals surface area (Å²) in [6, 6.07) is 7.65. The van der Waals surface area contributed by atoms with Gasteiger partial charge in [0.25, 0.3) is 0 Å². The third kappa shape index (κ3) is 2.60. The van der Waals surface area contributed by atoms with Crippen LogP contribution in [-0.2, 0) is 0 Å². The lowest BCUT2D eigenvalue weighted by molar-refractivity contribution is 0.415. The molecule has 1 aromatic rings. The molecular weight excluding hydrogens is 192 g/mol. The summed E-state index contributed by atoms with van der Waals surface area (Å²) in [5, 5.41) is 0. The van der Waals surface area contributed by atoms with Crippen molar-refractivity contribution < 1.29 is 4.74 Å². The number of rotatable bonds is 2. The minimum absolute atomic E-state index is 0.586. The van der Waals surface area contributed by atoms with E-state index >= 15 is 0 Å². The van der Waals surface area contributed by atoms with Gasteiger partial charge in [-0.15, -0.1) is 0 Å². The first-order chi connectivity index (χ1) is 7.22. The lowest BCUT2D eigenvalue weighted by Crippen LogP contribution is -2.42. The minimum atomic E-state index is 0.586. The molecule has 0 saturated heterocycles. The molecule has 0 bridgehead atoms. The van der Waals surface area contributed by atoms with E-state index in [0.29, 0.717) is 5.96 Å². The molecule has 0 unspecified atom stereocenters. The molecule has 0 amide bonds. The Labute approximate surface area is 89.5 Å². The van der Waals surface area contributed by atoms with Crippen LogP contribution in [0.5, 0.6) is 5.75 Å². The first kappa shape index (κ1) is 11.3. The molecule has 15 heavy (non-hydrogen) atoms. The van der Waals surface area contributed by atoms with Gasteiger partial charge in [0.05, 0.1) is 7.11 Å². The van der Waals surface area contributed by atoms with Crippen LogP contribution in [0.2, 0.25) is 0 Å². The number of nitrogens with one attached hydrogen (secondary N) is 1. The van der Waals surface area contributed by atoms with Gasteiger partial charge in [-0.25, -0.2) is 5.84 Å². The average molecular weight is 208 g/mol. The van der Waals surface area contributed by atoms with E-state index in [0.717, 1.165) is 11.4 Å². The Morgan fingerprint density at radius 1 is 1.53 bits per heavy atom. The van der Waals surface area contributed by atoms with Crippen molar-refractivity contribution in [3.8, 4) is 5.75 Å². The molecule has 0 radical (unpaired) electrons. The lowest BCUT2D eigenvalue weighted by atomic mass is 10.3. The van der Waals surface area contributed by atoms with Crippen LogP contribution in [0.3, 0.4) is 0 Å². The highest BCUT2D eigenvalue weighted by molar-refractivity contribution is 5.95. The summed E-state index contributed by atoms with van der Waals surface area (Å²) < 4.78 is 5.13. The molecule has 5 nitrogen and oxygen atoms in total. The van der Waals surface area contributed by atoms with E-state index in [-0.39, 0.29) is 0 Å². The topological polar surface area (TPSA) is 62.9 Å². The quantitative estimate of drug-likeness (QED) is 0.323. The monoisotopic (exact) mass is 208 g/mol. The molecule has 0 aromatic heterocycles. The number of methoxy groups -OCH3 is 1. The van der Waals surface area contributed by atoms with E-state index in [1.165, 1.54) is 0 Å². The molecule has 0 heterocycles. The Balaban J connectivity index is 2.95. The molecule has 0 spiro atoms. The van der Waals surface area contributed by atoms with Crippen LogP contribution < -0.4 is 20.9 Å². The second-order valence-corrected chi connectivity index (χ2v) is 2.95. The molecule has 0 fully saturated rings. The number of nitrogens with zero attached hydrogens (tertiary/aromatic N) is 2. The van der Waals surface area contributed by atoms with Crippen LogP contribution in [0.1, 0.15) is 0 Å². The number of anilines is 1. The first-order valence-electron chi connectivity index (χ1n) is 4.54. The van der Waals surface area contributed by atoms with Gasteiger partial charge < -0.3 is 9.64 Å². The van der Waals surface area contributed by atoms with E-state index in [9.17, 15) is 0 Å². The van der Waals surface area contributed by atoms with Crippen LogP contribution in [-0.4, -0.2) is 27.2 Å². The number of nitrogens with two attached hydrogens (primary N) is 1. The maximum atomic E-state index is 5.34. The van der Waals surface area contributed by atoms with E-state index in [1.807, 2.05) is 36.2 Å². The van der Waals surface area contributed by atoms with E-state index in [4.69, 9.17) is 10.6 Å². The smallest absolute Gasteiger partial charge is 0.212 e. The van der Waals surface area contributed by atoms with E-state index in [1.54, 1.807) is 14.2 Å². The Hall–Kier alpha value is -1.75. The van der Waals surface area contributed by atoms with Gasteiger partial charge in [-0.2, -0.15) is 0 Å². The fourth-order valence-electron chi connectivity index (χ4n) is 1.25. The number of guanidine groups is 1. The van der Waals surface area contributed by atoms with Crippen molar-refractivity contribution in [2.24, 2.45) is 10.8 Å². The Bertz CT molecular complexity index is 351. The predicted molar refractivity (Wildman–Crippen MR) is 62.1 cm³/mol. The van der Waals surface area contributed by atoms with Gasteiger partial charge in [-0.3, -0.25) is 10.4 Å². The van der Waals surface area contributed by atoms with Crippen LogP contribution in [0.4, 0.5) is 5.69 Å². The molecule has 0 atom stereocenters. The SMILES string of the molecule is CN=C(NN)N(C)c1cccc(OC)c1. The Kier molecular flexibility index (Phi) is 3.93. The Morgan fingerprint density at radius 2 is 2.27 bits per heavy atom. The molecule has 82 valence electrons. The minimum Gasteiger partial charge on any atom is -0.497 e. The largest absolute Gasteiger partial charge is 0.497 e. The van der Waals surface area contributed by atoms with Crippen LogP contribution >= 0.6 is 0 Å². The van der Waals surface area contributed by atoms with Crippen LogP contribution in [0.15, 0.2) is 29.3 Å². The van der Waals surface area contributed by atoms with Gasteiger partial charge in [0, 0.05) is 25.8 Å². The second kappa shape index (κ2) is 5.21. The van der Waals surface area contributed by atoms with Crippen molar-refractivity contribution in [3.05, 3.63) is 24.3 Å². The van der Waals surface area contributed by atoms with E-state index in [2.05, 4.69) is 10.4 Å². The average Bonchev–Trinajstić information content (AvgIpc) is 2.30. The summed E-state index contributed by atoms with van der Waals surface area (Å²) in [5.74, 6) is 6.72. The molecule has 0 saturated carbocycles. The van der Waals surface area contributed by atoms with Gasteiger partial charge in [0.1, 0.15) is 5.75 Å². The molecule has 0 aliphatic carbocycles. The Morgan fingerprint density at radius 3 is 2.80 bits per heavy atom. The van der Waals surface area contributed by atoms with Crippen molar-refractivity contribution in [1.29, 1.82) is 0 Å².